The van der Waals surface area contributed by atoms with Gasteiger partial charge >= 0.3 is 6.09 Å². The first-order chi connectivity index (χ1) is 12.6. The monoisotopic (exact) mass is 372 g/mol. The summed E-state index contributed by atoms with van der Waals surface area (Å²) in [4.78, 5) is 28.1. The third-order valence-electron chi connectivity index (χ3n) is 5.24. The van der Waals surface area contributed by atoms with E-state index in [0.29, 0.717) is 0 Å². The van der Waals surface area contributed by atoms with E-state index >= 15 is 0 Å². The minimum absolute atomic E-state index is 0.0680. The Morgan fingerprint density at radius 2 is 2.00 bits per heavy atom. The second-order valence-corrected chi connectivity index (χ2v) is 7.65. The topological polar surface area (TPSA) is 49.9 Å². The van der Waals surface area contributed by atoms with Crippen LogP contribution in [0.4, 0.5) is 4.79 Å². The van der Waals surface area contributed by atoms with Gasteiger partial charge in [0.1, 0.15) is 0 Å². The van der Waals surface area contributed by atoms with E-state index in [2.05, 4.69) is 11.8 Å². The summed E-state index contributed by atoms with van der Waals surface area (Å²) in [5, 5.41) is 4.02. The van der Waals surface area contributed by atoms with Crippen LogP contribution in [0.1, 0.15) is 31.7 Å². The van der Waals surface area contributed by atoms with Crippen molar-refractivity contribution in [2.45, 2.75) is 26.2 Å². The zero-order chi connectivity index (χ0) is 18.4. The van der Waals surface area contributed by atoms with Crippen LogP contribution >= 0.6 is 11.3 Å². The maximum atomic E-state index is 12.4. The second-order valence-electron chi connectivity index (χ2n) is 6.87. The molecule has 3 rings (SSSR count). The number of ether oxygens (including phenoxy) is 1. The fourth-order valence-electron chi connectivity index (χ4n) is 3.60. The lowest BCUT2D eigenvalue weighted by atomic mass is 9.78. The number of nitrogens with zero attached hydrogens (tertiary/aromatic N) is 2. The van der Waals surface area contributed by atoms with Crippen molar-refractivity contribution in [2.75, 3.05) is 32.8 Å². The number of carbonyl (C=O) groups excluding carboxylic acids is 2. The van der Waals surface area contributed by atoms with Gasteiger partial charge in [-0.15, -0.1) is 5.92 Å². The van der Waals surface area contributed by atoms with Crippen molar-refractivity contribution in [3.8, 4) is 11.8 Å². The lowest BCUT2D eigenvalue weighted by molar-refractivity contribution is -0.128. The summed E-state index contributed by atoms with van der Waals surface area (Å²) < 4.78 is 5.17. The molecule has 2 aliphatic rings. The predicted octanol–water partition coefficient (Wildman–Crippen LogP) is 3.24. The fraction of sp³-hybridized carbons (Fsp3) is 0.500. The summed E-state index contributed by atoms with van der Waals surface area (Å²) in [6, 6.07) is 2.00. The zero-order valence-electron chi connectivity index (χ0n) is 15.1. The molecule has 1 aromatic rings. The highest BCUT2D eigenvalue weighted by Gasteiger charge is 2.42. The van der Waals surface area contributed by atoms with Gasteiger partial charge in [-0.3, -0.25) is 4.79 Å². The van der Waals surface area contributed by atoms with Crippen molar-refractivity contribution in [1.82, 2.24) is 9.80 Å². The van der Waals surface area contributed by atoms with E-state index in [1.165, 1.54) is 0 Å². The molecule has 0 bridgehead atoms. The first-order valence-corrected chi connectivity index (χ1v) is 9.87. The van der Waals surface area contributed by atoms with Gasteiger partial charge in [-0.1, -0.05) is 5.92 Å². The van der Waals surface area contributed by atoms with E-state index < -0.39 is 0 Å². The van der Waals surface area contributed by atoms with Gasteiger partial charge < -0.3 is 14.5 Å². The molecule has 3 heterocycles. The van der Waals surface area contributed by atoms with Crippen molar-refractivity contribution in [3.05, 3.63) is 28.5 Å². The summed E-state index contributed by atoms with van der Waals surface area (Å²) >= 11 is 1.62. The Kier molecular flexibility index (Phi) is 6.00. The molecule has 1 spiro atoms. The molecule has 1 aromatic heterocycles. The summed E-state index contributed by atoms with van der Waals surface area (Å²) in [7, 11) is 0. The number of rotatable bonds is 3. The quantitative estimate of drug-likeness (QED) is 0.605. The third-order valence-corrected chi connectivity index (χ3v) is 5.94. The van der Waals surface area contributed by atoms with E-state index in [0.717, 1.165) is 51.0 Å². The Hall–Kier alpha value is -2.26. The Balaban J connectivity index is 1.48. The van der Waals surface area contributed by atoms with Crippen molar-refractivity contribution >= 4 is 29.4 Å². The first-order valence-electron chi connectivity index (χ1n) is 8.92. The van der Waals surface area contributed by atoms with Crippen LogP contribution in [-0.2, 0) is 9.53 Å². The van der Waals surface area contributed by atoms with Gasteiger partial charge in [-0.05, 0) is 60.1 Å². The molecule has 6 heteroatoms. The van der Waals surface area contributed by atoms with E-state index in [-0.39, 0.29) is 24.0 Å². The molecule has 0 atom stereocenters. The molecule has 26 heavy (non-hydrogen) atoms. The van der Waals surface area contributed by atoms with Crippen molar-refractivity contribution < 1.29 is 14.3 Å². The summed E-state index contributed by atoms with van der Waals surface area (Å²) in [6.45, 7) is 4.82. The van der Waals surface area contributed by atoms with E-state index in [1.54, 1.807) is 29.2 Å². The van der Waals surface area contributed by atoms with Gasteiger partial charge in [0, 0.05) is 32.3 Å². The normalized spacial score (nSPS) is 18.8. The molecule has 0 saturated carbocycles. The summed E-state index contributed by atoms with van der Waals surface area (Å²) in [5.74, 6) is 5.53. The minimum atomic E-state index is -0.276. The molecule has 138 valence electrons. The standard InChI is InChI=1S/C20H24N2O3S/c1-2-3-13-25-19(24)22-12-9-20(16-22)7-10-21(11-8-20)18(23)5-4-17-6-14-26-15-17/h4-6,14-15H,7-13,16H2,1H3/b5-4+. The van der Waals surface area contributed by atoms with Crippen LogP contribution in [0.25, 0.3) is 6.08 Å². The van der Waals surface area contributed by atoms with Crippen LogP contribution in [0.15, 0.2) is 22.9 Å². The molecule has 0 unspecified atom stereocenters. The first kappa shape index (κ1) is 18.5. The number of likely N-dealkylation sites (tertiary alicyclic amines) is 2. The van der Waals surface area contributed by atoms with E-state index in [1.807, 2.05) is 27.8 Å². The molecule has 2 aliphatic heterocycles. The van der Waals surface area contributed by atoms with Crippen LogP contribution in [0.5, 0.6) is 0 Å². The number of carbonyl (C=O) groups is 2. The van der Waals surface area contributed by atoms with Crippen LogP contribution in [0.2, 0.25) is 0 Å². The largest absolute Gasteiger partial charge is 0.436 e. The van der Waals surface area contributed by atoms with Crippen molar-refractivity contribution in [1.29, 1.82) is 0 Å². The van der Waals surface area contributed by atoms with Crippen LogP contribution in [0.3, 0.4) is 0 Å². The Bertz CT molecular complexity index is 722. The van der Waals surface area contributed by atoms with Gasteiger partial charge in [-0.25, -0.2) is 4.79 Å². The Labute approximate surface area is 158 Å². The molecule has 2 fully saturated rings. The molecule has 2 saturated heterocycles. The maximum Gasteiger partial charge on any atom is 0.410 e. The molecule has 0 N–H and O–H groups in total. The van der Waals surface area contributed by atoms with Gasteiger partial charge in [-0.2, -0.15) is 11.3 Å². The van der Waals surface area contributed by atoms with Gasteiger partial charge in [0.05, 0.1) is 0 Å². The third kappa shape index (κ3) is 4.47. The summed E-state index contributed by atoms with van der Waals surface area (Å²) in [6.07, 6.45) is 6.10. The highest BCUT2D eigenvalue weighted by Crippen LogP contribution is 2.40. The molecule has 0 aromatic carbocycles. The fourth-order valence-corrected chi connectivity index (χ4v) is 4.23. The van der Waals surface area contributed by atoms with E-state index in [9.17, 15) is 9.59 Å². The molecule has 0 aliphatic carbocycles. The molecular weight excluding hydrogens is 348 g/mol. The van der Waals surface area contributed by atoms with Crippen LogP contribution in [-0.4, -0.2) is 54.6 Å². The summed E-state index contributed by atoms with van der Waals surface area (Å²) in [5.41, 5.74) is 1.19. The number of thiophene rings is 1. The molecule has 5 nitrogen and oxygen atoms in total. The molecule has 2 amide bonds. The highest BCUT2D eigenvalue weighted by atomic mass is 32.1. The van der Waals surface area contributed by atoms with Crippen LogP contribution in [0, 0.1) is 17.3 Å². The second kappa shape index (κ2) is 8.41. The number of hydrogen-bond donors (Lipinski definition) is 0. The highest BCUT2D eigenvalue weighted by molar-refractivity contribution is 7.08. The number of hydrogen-bond acceptors (Lipinski definition) is 4. The Morgan fingerprint density at radius 1 is 1.27 bits per heavy atom. The smallest absolute Gasteiger partial charge is 0.410 e. The van der Waals surface area contributed by atoms with Gasteiger partial charge in [0.25, 0.3) is 0 Å². The molecular formula is C20H24N2O3S. The van der Waals surface area contributed by atoms with E-state index in [4.69, 9.17) is 4.74 Å². The minimum Gasteiger partial charge on any atom is -0.436 e. The average Bonchev–Trinajstić information content (AvgIpc) is 3.31. The average molecular weight is 372 g/mol. The van der Waals surface area contributed by atoms with Crippen LogP contribution < -0.4 is 0 Å². The van der Waals surface area contributed by atoms with Gasteiger partial charge in [0.2, 0.25) is 5.91 Å². The predicted molar refractivity (Wildman–Crippen MR) is 103 cm³/mol. The van der Waals surface area contributed by atoms with Crippen molar-refractivity contribution in [3.63, 3.8) is 0 Å². The lowest BCUT2D eigenvalue weighted by Crippen LogP contribution is -2.44. The van der Waals surface area contributed by atoms with Gasteiger partial charge in [0.15, 0.2) is 6.61 Å². The number of amides is 2. The zero-order valence-corrected chi connectivity index (χ0v) is 15.9. The lowest BCUT2D eigenvalue weighted by Gasteiger charge is -2.38. The SMILES string of the molecule is CC#CCOC(=O)N1CCC2(CCN(C(=O)/C=C/c3ccsc3)CC2)C1. The Morgan fingerprint density at radius 3 is 2.65 bits per heavy atom. The molecule has 0 radical (unpaired) electrons. The maximum absolute atomic E-state index is 12.4. The van der Waals surface area contributed by atoms with Crippen molar-refractivity contribution in [2.24, 2.45) is 5.41 Å². The number of piperidine rings is 1.